The molecule has 0 fully saturated rings. The zero-order valence-corrected chi connectivity index (χ0v) is 10.1. The number of aromatic nitrogens is 1. The van der Waals surface area contributed by atoms with Crippen LogP contribution in [0.3, 0.4) is 0 Å². The lowest BCUT2D eigenvalue weighted by molar-refractivity contribution is 0.558. The molecule has 1 unspecified atom stereocenters. The van der Waals surface area contributed by atoms with E-state index in [9.17, 15) is 0 Å². The van der Waals surface area contributed by atoms with Crippen LogP contribution >= 0.6 is 0 Å². The van der Waals surface area contributed by atoms with Crippen molar-refractivity contribution in [3.8, 4) is 6.07 Å². The first-order chi connectivity index (χ1) is 8.24. The summed E-state index contributed by atoms with van der Waals surface area (Å²) in [5.41, 5.74) is 2.46. The van der Waals surface area contributed by atoms with Crippen LogP contribution in [0.5, 0.6) is 0 Å². The Morgan fingerprint density at radius 1 is 1.47 bits per heavy atom. The highest BCUT2D eigenvalue weighted by Crippen LogP contribution is 2.19. The third-order valence-corrected chi connectivity index (χ3v) is 2.98. The Kier molecular flexibility index (Phi) is 3.30. The van der Waals surface area contributed by atoms with Crippen LogP contribution in [-0.4, -0.2) is 4.57 Å². The predicted molar refractivity (Wildman–Crippen MR) is 70.6 cm³/mol. The highest BCUT2D eigenvalue weighted by Gasteiger charge is 2.08. The van der Waals surface area contributed by atoms with Gasteiger partial charge in [-0.15, -0.1) is 6.58 Å². The summed E-state index contributed by atoms with van der Waals surface area (Å²) in [6.45, 7) is 6.51. The maximum Gasteiger partial charge on any atom is 0.0677 e. The summed E-state index contributed by atoms with van der Waals surface area (Å²) in [5.74, 6) is 0.00408. The Hall–Kier alpha value is -2.01. The molecule has 1 aromatic heterocycles. The predicted octanol–water partition coefficient (Wildman–Crippen LogP) is 3.67. The number of benzene rings is 1. The number of nitriles is 1. The second-order valence-electron chi connectivity index (χ2n) is 4.38. The third kappa shape index (κ3) is 2.39. The van der Waals surface area contributed by atoms with Crippen LogP contribution in [0, 0.1) is 24.2 Å². The van der Waals surface area contributed by atoms with E-state index in [4.69, 9.17) is 5.26 Å². The van der Waals surface area contributed by atoms with Gasteiger partial charge in [-0.2, -0.15) is 5.26 Å². The monoisotopic (exact) mass is 224 g/mol. The smallest absolute Gasteiger partial charge is 0.0677 e. The Balaban J connectivity index is 2.30. The van der Waals surface area contributed by atoms with Crippen LogP contribution in [-0.2, 0) is 6.54 Å². The Morgan fingerprint density at radius 3 is 3.00 bits per heavy atom. The molecule has 0 spiro atoms. The Bertz CT molecular complexity index is 572. The molecule has 1 atom stereocenters. The molecule has 0 amide bonds. The van der Waals surface area contributed by atoms with Crippen molar-refractivity contribution in [2.75, 3.05) is 0 Å². The number of aryl methyl sites for hydroxylation is 1. The molecule has 0 radical (unpaired) electrons. The standard InChI is InChI=1S/C15H16N2/c1-3-4-13(10-16)11-17-8-7-14-9-12(2)5-6-15(14)17/h3,5-9,13H,1,4,11H2,2H3. The lowest BCUT2D eigenvalue weighted by atomic mass is 10.1. The average Bonchev–Trinajstić information content (AvgIpc) is 2.71. The molecular formula is C15H16N2. The molecule has 1 heterocycles. The molecule has 0 aliphatic heterocycles. The van der Waals surface area contributed by atoms with Crippen molar-refractivity contribution >= 4 is 10.9 Å². The van der Waals surface area contributed by atoms with E-state index in [2.05, 4.69) is 54.6 Å². The van der Waals surface area contributed by atoms with Crippen molar-refractivity contribution in [1.82, 2.24) is 4.57 Å². The zero-order chi connectivity index (χ0) is 12.3. The zero-order valence-electron chi connectivity index (χ0n) is 10.1. The largest absolute Gasteiger partial charge is 0.346 e. The first kappa shape index (κ1) is 11.5. The average molecular weight is 224 g/mol. The van der Waals surface area contributed by atoms with Crippen LogP contribution < -0.4 is 0 Å². The van der Waals surface area contributed by atoms with Crippen molar-refractivity contribution in [2.24, 2.45) is 5.92 Å². The maximum atomic E-state index is 9.06. The first-order valence-electron chi connectivity index (χ1n) is 5.80. The van der Waals surface area contributed by atoms with E-state index in [0.717, 1.165) is 13.0 Å². The number of hydrogen-bond donors (Lipinski definition) is 0. The van der Waals surface area contributed by atoms with Crippen LogP contribution in [0.2, 0.25) is 0 Å². The molecule has 2 rings (SSSR count). The summed E-state index contributed by atoms with van der Waals surface area (Å²) in [4.78, 5) is 0. The van der Waals surface area contributed by atoms with E-state index in [1.165, 1.54) is 16.5 Å². The fraction of sp³-hybridized carbons (Fsp3) is 0.267. The normalized spacial score (nSPS) is 12.2. The van der Waals surface area contributed by atoms with Crippen LogP contribution in [0.15, 0.2) is 43.1 Å². The Labute approximate surface area is 102 Å². The number of fused-ring (bicyclic) bond motifs is 1. The van der Waals surface area contributed by atoms with E-state index in [-0.39, 0.29) is 5.92 Å². The Morgan fingerprint density at radius 2 is 2.29 bits per heavy atom. The lowest BCUT2D eigenvalue weighted by Gasteiger charge is -2.09. The van der Waals surface area contributed by atoms with Gasteiger partial charge in [0, 0.05) is 18.3 Å². The number of hydrogen-bond acceptors (Lipinski definition) is 1. The molecule has 17 heavy (non-hydrogen) atoms. The molecule has 0 aliphatic rings. The molecule has 2 heteroatoms. The van der Waals surface area contributed by atoms with E-state index >= 15 is 0 Å². The summed E-state index contributed by atoms with van der Waals surface area (Å²) in [6, 6.07) is 10.8. The molecule has 1 aromatic carbocycles. The first-order valence-corrected chi connectivity index (χ1v) is 5.80. The number of allylic oxidation sites excluding steroid dienone is 1. The molecule has 0 bridgehead atoms. The van der Waals surface area contributed by atoms with E-state index in [1.807, 2.05) is 6.08 Å². The maximum absolute atomic E-state index is 9.06. The fourth-order valence-corrected chi connectivity index (χ4v) is 2.09. The van der Waals surface area contributed by atoms with Gasteiger partial charge in [-0.1, -0.05) is 17.7 Å². The highest BCUT2D eigenvalue weighted by molar-refractivity contribution is 5.80. The van der Waals surface area contributed by atoms with Crippen LogP contribution in [0.1, 0.15) is 12.0 Å². The minimum atomic E-state index is 0.00408. The minimum Gasteiger partial charge on any atom is -0.346 e. The topological polar surface area (TPSA) is 28.7 Å². The van der Waals surface area contributed by atoms with Crippen molar-refractivity contribution in [3.63, 3.8) is 0 Å². The van der Waals surface area contributed by atoms with Crippen molar-refractivity contribution < 1.29 is 0 Å². The summed E-state index contributed by atoms with van der Waals surface area (Å²) >= 11 is 0. The quantitative estimate of drug-likeness (QED) is 0.728. The summed E-state index contributed by atoms with van der Waals surface area (Å²) in [6.07, 6.45) is 4.60. The minimum absolute atomic E-state index is 0.00408. The van der Waals surface area contributed by atoms with Gasteiger partial charge in [-0.25, -0.2) is 0 Å². The van der Waals surface area contributed by atoms with Gasteiger partial charge in [0.05, 0.1) is 12.0 Å². The molecule has 2 aromatic rings. The van der Waals surface area contributed by atoms with Crippen molar-refractivity contribution in [2.45, 2.75) is 19.9 Å². The summed E-state index contributed by atoms with van der Waals surface area (Å²) in [5, 5.41) is 10.3. The van der Waals surface area contributed by atoms with Crippen molar-refractivity contribution in [1.29, 1.82) is 5.26 Å². The second-order valence-corrected chi connectivity index (χ2v) is 4.38. The SMILES string of the molecule is C=CCC(C#N)Cn1ccc2cc(C)ccc21. The molecule has 0 aliphatic carbocycles. The van der Waals surface area contributed by atoms with E-state index in [0.29, 0.717) is 0 Å². The molecule has 0 saturated heterocycles. The molecule has 86 valence electrons. The lowest BCUT2D eigenvalue weighted by Crippen LogP contribution is -2.07. The van der Waals surface area contributed by atoms with E-state index < -0.39 is 0 Å². The van der Waals surface area contributed by atoms with Gasteiger partial charge >= 0.3 is 0 Å². The van der Waals surface area contributed by atoms with Gasteiger partial charge in [0.1, 0.15) is 0 Å². The third-order valence-electron chi connectivity index (χ3n) is 2.98. The molecule has 0 N–H and O–H groups in total. The van der Waals surface area contributed by atoms with Gasteiger partial charge < -0.3 is 4.57 Å². The second kappa shape index (κ2) is 4.88. The number of nitrogens with zero attached hydrogens (tertiary/aromatic N) is 2. The van der Waals surface area contributed by atoms with Crippen molar-refractivity contribution in [3.05, 3.63) is 48.7 Å². The molecule has 2 nitrogen and oxygen atoms in total. The molecule has 0 saturated carbocycles. The van der Waals surface area contributed by atoms with Crippen LogP contribution in [0.4, 0.5) is 0 Å². The number of rotatable bonds is 4. The fourth-order valence-electron chi connectivity index (χ4n) is 2.09. The summed E-state index contributed by atoms with van der Waals surface area (Å²) < 4.78 is 2.14. The highest BCUT2D eigenvalue weighted by atomic mass is 15.0. The van der Waals surface area contributed by atoms with Gasteiger partial charge in [0.2, 0.25) is 0 Å². The molecular weight excluding hydrogens is 208 g/mol. The van der Waals surface area contributed by atoms with Gasteiger partial charge in [0.25, 0.3) is 0 Å². The van der Waals surface area contributed by atoms with Gasteiger partial charge in [-0.3, -0.25) is 0 Å². The summed E-state index contributed by atoms with van der Waals surface area (Å²) in [7, 11) is 0. The van der Waals surface area contributed by atoms with Crippen LogP contribution in [0.25, 0.3) is 10.9 Å². The van der Waals surface area contributed by atoms with Gasteiger partial charge in [-0.05, 0) is 36.9 Å². The van der Waals surface area contributed by atoms with E-state index in [1.54, 1.807) is 0 Å². The van der Waals surface area contributed by atoms with Gasteiger partial charge in [0.15, 0.2) is 0 Å².